The summed E-state index contributed by atoms with van der Waals surface area (Å²) in [4.78, 5) is 18.3. The van der Waals surface area contributed by atoms with E-state index >= 15 is 0 Å². The van der Waals surface area contributed by atoms with Gasteiger partial charge in [0.25, 0.3) is 0 Å². The van der Waals surface area contributed by atoms with Gasteiger partial charge in [-0.05, 0) is 50.1 Å². The van der Waals surface area contributed by atoms with Gasteiger partial charge >= 0.3 is 0 Å². The van der Waals surface area contributed by atoms with E-state index < -0.39 is 10.0 Å². The highest BCUT2D eigenvalue weighted by atomic mass is 35.5. The Hall–Kier alpha value is -2.35. The van der Waals surface area contributed by atoms with Crippen LogP contribution >= 0.6 is 11.6 Å². The zero-order chi connectivity index (χ0) is 22.3. The van der Waals surface area contributed by atoms with Crippen LogP contribution in [0, 0.1) is 20.8 Å². The van der Waals surface area contributed by atoms with Gasteiger partial charge in [-0.2, -0.15) is 0 Å². The van der Waals surface area contributed by atoms with E-state index in [-0.39, 0.29) is 18.9 Å². The summed E-state index contributed by atoms with van der Waals surface area (Å²) in [6.07, 6.45) is 0.850. The highest BCUT2D eigenvalue weighted by molar-refractivity contribution is 7.89. The van der Waals surface area contributed by atoms with E-state index in [0.717, 1.165) is 34.1 Å². The van der Waals surface area contributed by atoms with Crippen LogP contribution in [0.3, 0.4) is 0 Å². The number of amides is 1. The number of benzene rings is 2. The maximum absolute atomic E-state index is 12.8. The predicted molar refractivity (Wildman–Crippen MR) is 123 cm³/mol. The zero-order valence-electron chi connectivity index (χ0n) is 17.9. The number of carbonyl (C=O) groups is 1. The van der Waals surface area contributed by atoms with Gasteiger partial charge in [-0.15, -0.1) is 0 Å². The zero-order valence-corrected chi connectivity index (χ0v) is 19.5. The molecule has 0 saturated heterocycles. The molecule has 6 nitrogen and oxygen atoms in total. The van der Waals surface area contributed by atoms with Gasteiger partial charge in [-0.1, -0.05) is 29.3 Å². The second-order valence-corrected chi connectivity index (χ2v) is 10.4. The number of fused-ring (bicyclic) bond motifs is 3. The Bertz CT molecular complexity index is 1260. The van der Waals surface area contributed by atoms with E-state index in [4.69, 9.17) is 11.6 Å². The van der Waals surface area contributed by atoms with Crippen LogP contribution in [0.15, 0.2) is 35.2 Å². The monoisotopic (exact) mass is 459 g/mol. The average molecular weight is 460 g/mol. The third kappa shape index (κ3) is 4.35. The van der Waals surface area contributed by atoms with Crippen molar-refractivity contribution in [3.63, 3.8) is 0 Å². The second kappa shape index (κ2) is 8.30. The number of rotatable bonds is 5. The van der Waals surface area contributed by atoms with Crippen molar-refractivity contribution >= 4 is 38.4 Å². The molecule has 0 fully saturated rings. The predicted octanol–water partition coefficient (Wildman–Crippen LogP) is 4.00. The Morgan fingerprint density at radius 1 is 1.16 bits per heavy atom. The number of sulfonamides is 1. The van der Waals surface area contributed by atoms with Crippen LogP contribution in [-0.2, 0) is 27.8 Å². The molecule has 0 saturated carbocycles. The van der Waals surface area contributed by atoms with Crippen molar-refractivity contribution in [2.75, 3.05) is 13.1 Å². The van der Waals surface area contributed by atoms with E-state index in [1.54, 1.807) is 18.7 Å². The fourth-order valence-corrected chi connectivity index (χ4v) is 6.17. The third-order valence-corrected chi connectivity index (χ3v) is 7.79. The molecular formula is C23H26ClN3O3S. The first-order valence-electron chi connectivity index (χ1n) is 10.3. The van der Waals surface area contributed by atoms with Crippen LogP contribution in [0.5, 0.6) is 0 Å². The molecule has 0 atom stereocenters. The first-order valence-corrected chi connectivity index (χ1v) is 12.2. The van der Waals surface area contributed by atoms with Crippen LogP contribution in [-0.4, -0.2) is 37.3 Å². The highest BCUT2D eigenvalue weighted by Gasteiger charge is 2.25. The summed E-state index contributed by atoms with van der Waals surface area (Å²) in [6, 6.07) is 9.42. The topological polar surface area (TPSA) is 82.3 Å². The number of aryl methyl sites for hydroxylation is 3. The minimum Gasteiger partial charge on any atom is -0.358 e. The molecule has 3 aromatic rings. The SMILES string of the molecule is Cc1cc(C)c(S(=O)(=O)NCCC(=O)N2CCc3[nH]c4ccc(Cl)cc4c3C2)c(C)c1. The van der Waals surface area contributed by atoms with Gasteiger partial charge in [0.15, 0.2) is 0 Å². The van der Waals surface area contributed by atoms with Crippen LogP contribution in [0.2, 0.25) is 5.02 Å². The number of H-pyrrole nitrogens is 1. The van der Waals surface area contributed by atoms with Crippen molar-refractivity contribution in [3.05, 3.63) is 63.3 Å². The van der Waals surface area contributed by atoms with Crippen molar-refractivity contribution in [1.82, 2.24) is 14.6 Å². The summed E-state index contributed by atoms with van der Waals surface area (Å²) in [5, 5.41) is 1.69. The molecular weight excluding hydrogens is 434 g/mol. The van der Waals surface area contributed by atoms with Crippen molar-refractivity contribution < 1.29 is 13.2 Å². The summed E-state index contributed by atoms with van der Waals surface area (Å²) in [5.74, 6) is -0.0675. The van der Waals surface area contributed by atoms with Crippen LogP contribution < -0.4 is 4.72 Å². The molecule has 2 heterocycles. The van der Waals surface area contributed by atoms with E-state index in [1.807, 2.05) is 37.3 Å². The van der Waals surface area contributed by atoms with Crippen LogP contribution in [0.1, 0.15) is 34.4 Å². The number of hydrogen-bond donors (Lipinski definition) is 2. The summed E-state index contributed by atoms with van der Waals surface area (Å²) in [7, 11) is -3.68. The van der Waals surface area contributed by atoms with Gasteiger partial charge in [-0.3, -0.25) is 4.79 Å². The van der Waals surface area contributed by atoms with E-state index in [1.165, 1.54) is 0 Å². The molecule has 0 aliphatic carbocycles. The molecule has 0 bridgehead atoms. The molecule has 0 radical (unpaired) electrons. The number of nitrogens with one attached hydrogen (secondary N) is 2. The first-order chi connectivity index (χ1) is 14.7. The summed E-state index contributed by atoms with van der Waals surface area (Å²) in [6.45, 7) is 6.69. The van der Waals surface area contributed by atoms with Gasteiger partial charge in [0.05, 0.1) is 4.90 Å². The average Bonchev–Trinajstić information content (AvgIpc) is 3.03. The molecule has 1 amide bonds. The lowest BCUT2D eigenvalue weighted by atomic mass is 10.0. The van der Waals surface area contributed by atoms with Gasteiger partial charge in [0, 0.05) is 59.7 Å². The Morgan fingerprint density at radius 2 is 1.87 bits per heavy atom. The number of aromatic amines is 1. The highest BCUT2D eigenvalue weighted by Crippen LogP contribution is 2.30. The van der Waals surface area contributed by atoms with Crippen molar-refractivity contribution in [3.8, 4) is 0 Å². The molecule has 4 rings (SSSR count). The van der Waals surface area contributed by atoms with Crippen LogP contribution in [0.4, 0.5) is 0 Å². The van der Waals surface area contributed by atoms with Gasteiger partial charge in [0.1, 0.15) is 0 Å². The molecule has 2 N–H and O–H groups in total. The Kier molecular flexibility index (Phi) is 5.85. The van der Waals surface area contributed by atoms with Crippen molar-refractivity contribution in [1.29, 1.82) is 0 Å². The fraction of sp³-hybridized carbons (Fsp3) is 0.348. The number of carbonyl (C=O) groups excluding carboxylic acids is 1. The number of halogens is 1. The molecule has 0 spiro atoms. The maximum atomic E-state index is 12.8. The first kappa shape index (κ1) is 21.9. The van der Waals surface area contributed by atoms with Gasteiger partial charge in [0.2, 0.25) is 15.9 Å². The van der Waals surface area contributed by atoms with E-state index in [0.29, 0.717) is 34.1 Å². The lowest BCUT2D eigenvalue weighted by molar-refractivity contribution is -0.131. The minimum absolute atomic E-state index is 0.0665. The van der Waals surface area contributed by atoms with Crippen molar-refractivity contribution in [2.24, 2.45) is 0 Å². The second-order valence-electron chi connectivity index (χ2n) is 8.21. The molecule has 164 valence electrons. The standard InChI is InChI=1S/C23H26ClN3O3S/c1-14-10-15(2)23(16(3)11-14)31(29,30)25-8-6-22(28)27-9-7-21-19(13-27)18-12-17(24)4-5-20(18)26-21/h4-5,10-12,25-26H,6-9,13H2,1-3H3. The molecule has 1 aromatic heterocycles. The Morgan fingerprint density at radius 3 is 2.58 bits per heavy atom. The van der Waals surface area contributed by atoms with E-state index in [9.17, 15) is 13.2 Å². The molecule has 8 heteroatoms. The Balaban J connectivity index is 1.42. The summed E-state index contributed by atoms with van der Waals surface area (Å²) in [5.41, 5.74) is 5.67. The normalized spacial score (nSPS) is 14.1. The minimum atomic E-state index is -3.68. The third-order valence-electron chi connectivity index (χ3n) is 5.79. The molecule has 1 aliphatic heterocycles. The summed E-state index contributed by atoms with van der Waals surface area (Å²) >= 11 is 6.15. The van der Waals surface area contributed by atoms with Gasteiger partial charge < -0.3 is 9.88 Å². The van der Waals surface area contributed by atoms with Crippen molar-refractivity contribution in [2.45, 2.75) is 45.1 Å². The van der Waals surface area contributed by atoms with E-state index in [2.05, 4.69) is 9.71 Å². The largest absolute Gasteiger partial charge is 0.358 e. The number of aromatic nitrogens is 1. The molecule has 1 aliphatic rings. The van der Waals surface area contributed by atoms with Gasteiger partial charge in [-0.25, -0.2) is 13.1 Å². The Labute approximate surface area is 187 Å². The molecule has 0 unspecified atom stereocenters. The number of hydrogen-bond acceptors (Lipinski definition) is 3. The van der Waals surface area contributed by atoms with Crippen LogP contribution in [0.25, 0.3) is 10.9 Å². The lowest BCUT2D eigenvalue weighted by Gasteiger charge is -2.27. The molecule has 31 heavy (non-hydrogen) atoms. The summed E-state index contributed by atoms with van der Waals surface area (Å²) < 4.78 is 28.2. The molecule has 2 aromatic carbocycles. The lowest BCUT2D eigenvalue weighted by Crippen LogP contribution is -2.38. The maximum Gasteiger partial charge on any atom is 0.241 e. The quantitative estimate of drug-likeness (QED) is 0.605. The fourth-order valence-electron chi connectivity index (χ4n) is 4.51. The smallest absolute Gasteiger partial charge is 0.241 e. The number of nitrogens with zero attached hydrogens (tertiary/aromatic N) is 1.